The summed E-state index contributed by atoms with van der Waals surface area (Å²) < 4.78 is 18.0. The van der Waals surface area contributed by atoms with Crippen molar-refractivity contribution in [3.05, 3.63) is 82.9 Å². The number of aliphatic hydroxyl groups is 2. The van der Waals surface area contributed by atoms with Crippen LogP contribution >= 0.6 is 0 Å². The molecule has 196 valence electrons. The molecule has 1 aliphatic carbocycles. The Bertz CT molecular complexity index is 1280. The lowest BCUT2D eigenvalue weighted by molar-refractivity contribution is -0.150. The van der Waals surface area contributed by atoms with E-state index in [4.69, 9.17) is 14.2 Å². The van der Waals surface area contributed by atoms with E-state index in [0.717, 1.165) is 24.2 Å². The minimum Gasteiger partial charge on any atom is -0.508 e. The van der Waals surface area contributed by atoms with Crippen LogP contribution in [0.25, 0.3) is 0 Å². The quantitative estimate of drug-likeness (QED) is 0.421. The number of ether oxygens (including phenoxy) is 3. The summed E-state index contributed by atoms with van der Waals surface area (Å²) >= 11 is 0. The van der Waals surface area contributed by atoms with Gasteiger partial charge in [-0.2, -0.15) is 0 Å². The molecule has 2 aliphatic rings. The number of benzene rings is 3. The summed E-state index contributed by atoms with van der Waals surface area (Å²) in [6, 6.07) is 18.6. The molecule has 1 saturated carbocycles. The van der Waals surface area contributed by atoms with Gasteiger partial charge < -0.3 is 29.5 Å². The number of hydrogen-bond acceptors (Lipinski definition) is 7. The fourth-order valence-corrected chi connectivity index (χ4v) is 6.22. The van der Waals surface area contributed by atoms with Gasteiger partial charge in [0, 0.05) is 30.2 Å². The maximum absolute atomic E-state index is 12.6. The Labute approximate surface area is 217 Å². The molecule has 37 heavy (non-hydrogen) atoms. The second-order valence-electron chi connectivity index (χ2n) is 9.83. The molecule has 1 heterocycles. The van der Waals surface area contributed by atoms with Crippen molar-refractivity contribution in [2.45, 2.75) is 50.0 Å². The number of nitrogens with zero attached hydrogens (tertiary/aromatic N) is 1. The fourth-order valence-electron chi connectivity index (χ4n) is 6.22. The van der Waals surface area contributed by atoms with E-state index in [1.165, 1.54) is 7.11 Å². The number of rotatable bonds is 8. The van der Waals surface area contributed by atoms with E-state index in [-0.39, 0.29) is 18.1 Å². The van der Waals surface area contributed by atoms with Gasteiger partial charge in [-0.05, 0) is 42.8 Å². The molecular weight excluding hydrogens is 470 g/mol. The average Bonchev–Trinajstić information content (AvgIpc) is 3.32. The number of aromatic hydroxyl groups is 1. The summed E-state index contributed by atoms with van der Waals surface area (Å²) in [5.74, 6) is 1.10. The number of methoxy groups -OCH3 is 2. The lowest BCUT2D eigenvalue weighted by Crippen LogP contribution is -2.52. The third-order valence-electron chi connectivity index (χ3n) is 8.14. The van der Waals surface area contributed by atoms with Crippen molar-refractivity contribution in [3.63, 3.8) is 0 Å². The number of fused-ring (bicyclic) bond motifs is 3. The zero-order valence-corrected chi connectivity index (χ0v) is 21.8. The van der Waals surface area contributed by atoms with Crippen LogP contribution in [0.5, 0.6) is 23.0 Å². The van der Waals surface area contributed by atoms with Gasteiger partial charge in [-0.3, -0.25) is 4.90 Å². The maximum atomic E-state index is 12.6. The monoisotopic (exact) mass is 505 g/mol. The molecule has 0 radical (unpaired) electrons. The number of hydrogen-bond donors (Lipinski definition) is 3. The molecule has 0 unspecified atom stereocenters. The van der Waals surface area contributed by atoms with E-state index in [2.05, 4.69) is 18.7 Å². The van der Waals surface area contributed by atoms with Crippen LogP contribution in [0.4, 0.5) is 0 Å². The fraction of sp³-hybridized carbons (Fsp3) is 0.400. The van der Waals surface area contributed by atoms with Gasteiger partial charge >= 0.3 is 0 Å². The van der Waals surface area contributed by atoms with Gasteiger partial charge in [-0.15, -0.1) is 0 Å². The average molecular weight is 506 g/mol. The normalized spacial score (nSPS) is 26.0. The zero-order chi connectivity index (χ0) is 26.4. The predicted octanol–water partition coefficient (Wildman–Crippen LogP) is 4.28. The SMILES string of the molecule is CCN(CC)Cc1cc([C@@]23Oc4cc(OC)cc(OC)c4[C@]2(O)[C@H](O)C[C@H]3c2ccccc2)ccc1O. The first-order valence-corrected chi connectivity index (χ1v) is 12.8. The van der Waals surface area contributed by atoms with Gasteiger partial charge in [0.25, 0.3) is 0 Å². The Morgan fingerprint density at radius 3 is 2.38 bits per heavy atom. The highest BCUT2D eigenvalue weighted by Crippen LogP contribution is 2.68. The summed E-state index contributed by atoms with van der Waals surface area (Å²) in [6.45, 7) is 6.37. The van der Waals surface area contributed by atoms with Crippen molar-refractivity contribution in [2.75, 3.05) is 27.3 Å². The van der Waals surface area contributed by atoms with Crippen LogP contribution in [-0.4, -0.2) is 53.6 Å². The summed E-state index contributed by atoms with van der Waals surface area (Å²) in [5.41, 5.74) is -0.437. The summed E-state index contributed by atoms with van der Waals surface area (Å²) in [6.07, 6.45) is -0.859. The van der Waals surface area contributed by atoms with Gasteiger partial charge in [0.1, 0.15) is 23.0 Å². The van der Waals surface area contributed by atoms with Crippen molar-refractivity contribution < 1.29 is 29.5 Å². The Kier molecular flexibility index (Phi) is 6.56. The highest BCUT2D eigenvalue weighted by Gasteiger charge is 2.73. The van der Waals surface area contributed by atoms with Crippen LogP contribution in [-0.2, 0) is 17.7 Å². The van der Waals surface area contributed by atoms with E-state index in [1.807, 2.05) is 36.4 Å². The second-order valence-corrected chi connectivity index (χ2v) is 9.83. The van der Waals surface area contributed by atoms with Gasteiger partial charge in [-0.25, -0.2) is 0 Å². The van der Waals surface area contributed by atoms with Gasteiger partial charge in [0.15, 0.2) is 11.2 Å². The molecule has 1 aliphatic heterocycles. The third-order valence-corrected chi connectivity index (χ3v) is 8.14. The van der Waals surface area contributed by atoms with Crippen LogP contribution in [0.3, 0.4) is 0 Å². The standard InChI is InChI=1S/C30H35NO6/c1-5-31(6-2)18-20-14-21(12-13-24(20)32)30-23(19-10-8-7-9-11-19)17-27(33)29(30,34)28-25(36-4)15-22(35-3)16-26(28)37-30/h7-16,23,27,32-34H,5-6,17-18H2,1-4H3/t23-,27+,29+,30-/m0/s1. The third kappa shape index (κ3) is 3.68. The largest absolute Gasteiger partial charge is 0.508 e. The molecule has 0 amide bonds. The van der Waals surface area contributed by atoms with Crippen molar-refractivity contribution >= 4 is 0 Å². The Hall–Kier alpha value is -3.26. The molecule has 1 fully saturated rings. The maximum Gasteiger partial charge on any atom is 0.176 e. The van der Waals surface area contributed by atoms with E-state index in [9.17, 15) is 15.3 Å². The minimum atomic E-state index is -1.82. The highest BCUT2D eigenvalue weighted by molar-refractivity contribution is 5.62. The lowest BCUT2D eigenvalue weighted by atomic mass is 9.71. The smallest absolute Gasteiger partial charge is 0.176 e. The molecular formula is C30H35NO6. The molecule has 7 heteroatoms. The molecule has 0 saturated heterocycles. The molecule has 5 rings (SSSR count). The van der Waals surface area contributed by atoms with Crippen LogP contribution < -0.4 is 14.2 Å². The van der Waals surface area contributed by atoms with Crippen LogP contribution in [0, 0.1) is 0 Å². The van der Waals surface area contributed by atoms with Crippen molar-refractivity contribution in [2.24, 2.45) is 0 Å². The summed E-state index contributed by atoms with van der Waals surface area (Å²) in [5, 5.41) is 35.0. The van der Waals surface area contributed by atoms with Crippen molar-refractivity contribution in [3.8, 4) is 23.0 Å². The molecule has 4 atom stereocenters. The minimum absolute atomic E-state index is 0.181. The first-order chi connectivity index (χ1) is 17.8. The highest BCUT2D eigenvalue weighted by atomic mass is 16.5. The first-order valence-electron chi connectivity index (χ1n) is 12.8. The van der Waals surface area contributed by atoms with E-state index >= 15 is 0 Å². The van der Waals surface area contributed by atoms with E-state index in [1.54, 1.807) is 31.4 Å². The van der Waals surface area contributed by atoms with Crippen molar-refractivity contribution in [1.29, 1.82) is 0 Å². The van der Waals surface area contributed by atoms with Crippen LogP contribution in [0.1, 0.15) is 48.4 Å². The molecule has 0 spiro atoms. The van der Waals surface area contributed by atoms with Crippen LogP contribution in [0.2, 0.25) is 0 Å². The molecule has 0 bridgehead atoms. The first kappa shape index (κ1) is 25.4. The van der Waals surface area contributed by atoms with E-state index in [0.29, 0.717) is 34.9 Å². The second kappa shape index (κ2) is 9.56. The summed E-state index contributed by atoms with van der Waals surface area (Å²) in [4.78, 5) is 2.21. The number of aliphatic hydroxyl groups excluding tert-OH is 1. The Morgan fingerprint density at radius 2 is 1.73 bits per heavy atom. The van der Waals surface area contributed by atoms with Gasteiger partial charge in [0.05, 0.1) is 25.9 Å². The Morgan fingerprint density at radius 1 is 1.00 bits per heavy atom. The van der Waals surface area contributed by atoms with Crippen molar-refractivity contribution in [1.82, 2.24) is 4.90 Å². The van der Waals surface area contributed by atoms with E-state index < -0.39 is 17.3 Å². The zero-order valence-electron chi connectivity index (χ0n) is 21.8. The molecule has 7 nitrogen and oxygen atoms in total. The van der Waals surface area contributed by atoms with Gasteiger partial charge in [0.2, 0.25) is 0 Å². The molecule has 3 aromatic rings. The Balaban J connectivity index is 1.77. The lowest BCUT2D eigenvalue weighted by Gasteiger charge is -2.41. The number of phenols is 1. The van der Waals surface area contributed by atoms with Crippen LogP contribution in [0.15, 0.2) is 60.7 Å². The summed E-state index contributed by atoms with van der Waals surface area (Å²) in [7, 11) is 3.08. The molecule has 3 N–H and O–H groups in total. The molecule has 3 aromatic carbocycles. The topological polar surface area (TPSA) is 91.6 Å². The number of phenolic OH excluding ortho intramolecular Hbond substituents is 1. The van der Waals surface area contributed by atoms with Gasteiger partial charge in [-0.1, -0.05) is 50.2 Å². The molecule has 0 aromatic heterocycles. The predicted molar refractivity (Wildman–Crippen MR) is 140 cm³/mol.